The first-order chi connectivity index (χ1) is 6.66. The van der Waals surface area contributed by atoms with E-state index in [1.54, 1.807) is 6.07 Å². The summed E-state index contributed by atoms with van der Waals surface area (Å²) < 4.78 is 0. The molecular formula is C12H13NO. The van der Waals surface area contributed by atoms with Gasteiger partial charge in [0.1, 0.15) is 0 Å². The molecule has 0 heterocycles. The molecule has 72 valence electrons. The van der Waals surface area contributed by atoms with Gasteiger partial charge in [0, 0.05) is 5.56 Å². The molecule has 0 aromatic heterocycles. The van der Waals surface area contributed by atoms with E-state index >= 15 is 0 Å². The number of terminal acetylenes is 1. The van der Waals surface area contributed by atoms with Gasteiger partial charge in [-0.25, -0.2) is 0 Å². The molecule has 0 unspecified atom stereocenters. The van der Waals surface area contributed by atoms with Crippen LogP contribution in [0.15, 0.2) is 18.2 Å². The van der Waals surface area contributed by atoms with Crippen LogP contribution in [0.4, 0.5) is 0 Å². The smallest absolute Gasteiger partial charge is 0.252 e. The Bertz CT molecular complexity index is 388. The summed E-state index contributed by atoms with van der Waals surface area (Å²) in [6, 6.07) is 5.65. The highest BCUT2D eigenvalue weighted by atomic mass is 16.1. The Morgan fingerprint density at radius 1 is 1.50 bits per heavy atom. The third kappa shape index (κ3) is 2.14. The van der Waals surface area contributed by atoms with E-state index in [0.717, 1.165) is 11.1 Å². The van der Waals surface area contributed by atoms with Gasteiger partial charge >= 0.3 is 0 Å². The molecule has 0 saturated heterocycles. The van der Waals surface area contributed by atoms with Crippen molar-refractivity contribution < 1.29 is 4.79 Å². The van der Waals surface area contributed by atoms with Crippen molar-refractivity contribution in [1.82, 2.24) is 5.32 Å². The van der Waals surface area contributed by atoms with E-state index in [-0.39, 0.29) is 12.5 Å². The minimum atomic E-state index is -0.107. The van der Waals surface area contributed by atoms with Crippen molar-refractivity contribution in [2.24, 2.45) is 0 Å². The van der Waals surface area contributed by atoms with Crippen LogP contribution in [0.3, 0.4) is 0 Å². The Hall–Kier alpha value is -1.75. The maximum Gasteiger partial charge on any atom is 0.252 e. The van der Waals surface area contributed by atoms with Crippen LogP contribution < -0.4 is 5.32 Å². The quantitative estimate of drug-likeness (QED) is 0.701. The van der Waals surface area contributed by atoms with Crippen molar-refractivity contribution in [3.05, 3.63) is 34.9 Å². The highest BCUT2D eigenvalue weighted by molar-refractivity contribution is 5.96. The maximum absolute atomic E-state index is 11.6. The molecule has 0 bridgehead atoms. The second-order valence-electron chi connectivity index (χ2n) is 3.13. The van der Waals surface area contributed by atoms with Gasteiger partial charge in [-0.15, -0.1) is 6.42 Å². The second kappa shape index (κ2) is 4.48. The van der Waals surface area contributed by atoms with Crippen LogP contribution in [0, 0.1) is 26.2 Å². The van der Waals surface area contributed by atoms with Crippen molar-refractivity contribution in [2.45, 2.75) is 13.8 Å². The lowest BCUT2D eigenvalue weighted by atomic mass is 10.0. The Labute approximate surface area is 84.3 Å². The summed E-state index contributed by atoms with van der Waals surface area (Å²) in [4.78, 5) is 11.6. The van der Waals surface area contributed by atoms with Gasteiger partial charge in [-0.1, -0.05) is 18.1 Å². The summed E-state index contributed by atoms with van der Waals surface area (Å²) >= 11 is 0. The standard InChI is InChI=1S/C12H13NO/c1-4-8-13-12(14)11-7-5-6-9(2)10(11)3/h1,5-7H,8H2,2-3H3,(H,13,14). The molecule has 0 aliphatic heterocycles. The van der Waals surface area contributed by atoms with Crippen molar-refractivity contribution in [2.75, 3.05) is 6.54 Å². The fourth-order valence-corrected chi connectivity index (χ4v) is 1.22. The number of carbonyl (C=O) groups excluding carboxylic acids is 1. The van der Waals surface area contributed by atoms with Gasteiger partial charge in [-0.3, -0.25) is 4.79 Å². The minimum absolute atomic E-state index is 0.107. The number of rotatable bonds is 2. The summed E-state index contributed by atoms with van der Waals surface area (Å²) in [5, 5.41) is 2.64. The molecule has 0 atom stereocenters. The predicted molar refractivity (Wildman–Crippen MR) is 57.1 cm³/mol. The molecule has 0 aliphatic carbocycles. The van der Waals surface area contributed by atoms with Crippen molar-refractivity contribution >= 4 is 5.91 Å². The average Bonchev–Trinajstić information content (AvgIpc) is 2.18. The number of nitrogens with one attached hydrogen (secondary N) is 1. The third-order valence-electron chi connectivity index (χ3n) is 2.20. The Morgan fingerprint density at radius 2 is 2.21 bits per heavy atom. The molecular weight excluding hydrogens is 174 g/mol. The third-order valence-corrected chi connectivity index (χ3v) is 2.20. The molecule has 1 rings (SSSR count). The lowest BCUT2D eigenvalue weighted by Crippen LogP contribution is -2.24. The van der Waals surface area contributed by atoms with Crippen molar-refractivity contribution in [1.29, 1.82) is 0 Å². The molecule has 1 aromatic rings. The van der Waals surface area contributed by atoms with Crippen LogP contribution in [0.1, 0.15) is 21.5 Å². The lowest BCUT2D eigenvalue weighted by Gasteiger charge is -2.07. The van der Waals surface area contributed by atoms with Gasteiger partial charge in [-0.2, -0.15) is 0 Å². The minimum Gasteiger partial charge on any atom is -0.341 e. The zero-order valence-electron chi connectivity index (χ0n) is 8.42. The molecule has 1 N–H and O–H groups in total. The Kier molecular flexibility index (Phi) is 3.30. The monoisotopic (exact) mass is 187 g/mol. The first-order valence-electron chi connectivity index (χ1n) is 4.44. The molecule has 0 saturated carbocycles. The highest BCUT2D eigenvalue weighted by Gasteiger charge is 2.08. The number of benzene rings is 1. The first-order valence-corrected chi connectivity index (χ1v) is 4.44. The van der Waals surface area contributed by atoms with Gasteiger partial charge in [0.25, 0.3) is 5.91 Å². The maximum atomic E-state index is 11.6. The van der Waals surface area contributed by atoms with Gasteiger partial charge < -0.3 is 5.32 Å². The molecule has 1 aromatic carbocycles. The molecule has 2 nitrogen and oxygen atoms in total. The topological polar surface area (TPSA) is 29.1 Å². The zero-order valence-corrected chi connectivity index (χ0v) is 8.42. The van der Waals surface area contributed by atoms with Crippen LogP contribution in [0.5, 0.6) is 0 Å². The summed E-state index contributed by atoms with van der Waals surface area (Å²) in [5.74, 6) is 2.26. The molecule has 0 aliphatic rings. The SMILES string of the molecule is C#CCNC(=O)c1cccc(C)c1C. The number of carbonyl (C=O) groups is 1. The predicted octanol–water partition coefficient (Wildman–Crippen LogP) is 1.67. The van der Waals surface area contributed by atoms with E-state index in [1.807, 2.05) is 26.0 Å². The number of hydrogen-bond donors (Lipinski definition) is 1. The summed E-state index contributed by atoms with van der Waals surface area (Å²) in [7, 11) is 0. The van der Waals surface area contributed by atoms with E-state index in [9.17, 15) is 4.79 Å². The number of hydrogen-bond acceptors (Lipinski definition) is 1. The van der Waals surface area contributed by atoms with Gasteiger partial charge in [0.15, 0.2) is 0 Å². The molecule has 1 amide bonds. The average molecular weight is 187 g/mol. The largest absolute Gasteiger partial charge is 0.341 e. The zero-order chi connectivity index (χ0) is 10.6. The molecule has 0 spiro atoms. The van der Waals surface area contributed by atoms with Crippen LogP contribution >= 0.6 is 0 Å². The van der Waals surface area contributed by atoms with E-state index in [1.165, 1.54) is 0 Å². The van der Waals surface area contributed by atoms with Crippen LogP contribution in [-0.2, 0) is 0 Å². The van der Waals surface area contributed by atoms with Crippen molar-refractivity contribution in [3.8, 4) is 12.3 Å². The Balaban J connectivity index is 2.91. The fourth-order valence-electron chi connectivity index (χ4n) is 1.22. The van der Waals surface area contributed by atoms with Gasteiger partial charge in [0.2, 0.25) is 0 Å². The Morgan fingerprint density at radius 3 is 2.86 bits per heavy atom. The van der Waals surface area contributed by atoms with E-state index in [4.69, 9.17) is 6.42 Å². The molecule has 2 heteroatoms. The van der Waals surface area contributed by atoms with E-state index < -0.39 is 0 Å². The van der Waals surface area contributed by atoms with E-state index in [0.29, 0.717) is 5.56 Å². The molecule has 0 radical (unpaired) electrons. The fraction of sp³-hybridized carbons (Fsp3) is 0.250. The van der Waals surface area contributed by atoms with Gasteiger partial charge in [-0.05, 0) is 31.0 Å². The summed E-state index contributed by atoms with van der Waals surface area (Å²) in [6.45, 7) is 4.18. The number of aryl methyl sites for hydroxylation is 1. The first kappa shape index (κ1) is 10.3. The number of amides is 1. The van der Waals surface area contributed by atoms with Crippen LogP contribution in [0.2, 0.25) is 0 Å². The van der Waals surface area contributed by atoms with Crippen LogP contribution in [-0.4, -0.2) is 12.5 Å². The normalized spacial score (nSPS) is 9.21. The second-order valence-corrected chi connectivity index (χ2v) is 3.13. The van der Waals surface area contributed by atoms with Crippen molar-refractivity contribution in [3.63, 3.8) is 0 Å². The van der Waals surface area contributed by atoms with Crippen LogP contribution in [0.25, 0.3) is 0 Å². The van der Waals surface area contributed by atoms with E-state index in [2.05, 4.69) is 11.2 Å². The van der Waals surface area contributed by atoms with Gasteiger partial charge in [0.05, 0.1) is 6.54 Å². The summed E-state index contributed by atoms with van der Waals surface area (Å²) in [5.41, 5.74) is 2.81. The summed E-state index contributed by atoms with van der Waals surface area (Å²) in [6.07, 6.45) is 5.06. The molecule has 14 heavy (non-hydrogen) atoms. The highest BCUT2D eigenvalue weighted by Crippen LogP contribution is 2.12. The molecule has 0 fully saturated rings. The lowest BCUT2D eigenvalue weighted by molar-refractivity contribution is 0.0958.